The average Bonchev–Trinajstić information content (AvgIpc) is 3.44. The highest BCUT2D eigenvalue weighted by molar-refractivity contribution is 6.24. The Morgan fingerprint density at radius 3 is 1.35 bits per heavy atom. The fourth-order valence-corrected chi connectivity index (χ4v) is 8.69. The average molecular weight is 664 g/mol. The first kappa shape index (κ1) is 30.4. The molecule has 0 spiro atoms. The number of para-hydroxylation sites is 2. The number of nitrogens with zero attached hydrogens (tertiary/aromatic N) is 1. The maximum absolute atomic E-state index is 2.45. The van der Waals surface area contributed by atoms with Gasteiger partial charge in [-0.3, -0.25) is 0 Å². The lowest BCUT2D eigenvalue weighted by Gasteiger charge is -2.25. The summed E-state index contributed by atoms with van der Waals surface area (Å²) >= 11 is 0. The summed E-state index contributed by atoms with van der Waals surface area (Å²) < 4.78 is 0. The first-order valence-electron chi connectivity index (χ1n) is 18.2. The standard InChI is InChI=1S/C51H37N/c1-51(2)49-24-14-13-23-43(49)44-30-27-35(31-50(44)51)46-33-48-41-21-11-9-19-39(41)45(32-47(48)42-22-12-10-20-40(42)46)34-25-28-38(29-26-34)52(36-15-5-3-6-16-36)37-17-7-4-8-18-37/h3-33H,1-2H3. The van der Waals surface area contributed by atoms with Crippen molar-refractivity contribution in [1.82, 2.24) is 0 Å². The lowest BCUT2D eigenvalue weighted by Crippen LogP contribution is -2.14. The molecule has 0 bridgehead atoms. The van der Waals surface area contributed by atoms with Gasteiger partial charge >= 0.3 is 0 Å². The first-order chi connectivity index (χ1) is 25.6. The van der Waals surface area contributed by atoms with Crippen molar-refractivity contribution in [2.45, 2.75) is 19.3 Å². The molecule has 0 radical (unpaired) electrons. The van der Waals surface area contributed by atoms with Crippen molar-refractivity contribution < 1.29 is 0 Å². The zero-order chi connectivity index (χ0) is 34.8. The zero-order valence-corrected chi connectivity index (χ0v) is 29.3. The van der Waals surface area contributed by atoms with Crippen molar-refractivity contribution in [3.8, 4) is 33.4 Å². The van der Waals surface area contributed by atoms with Gasteiger partial charge in [-0.1, -0.05) is 147 Å². The van der Waals surface area contributed by atoms with Gasteiger partial charge in [-0.05, 0) is 131 Å². The van der Waals surface area contributed by atoms with Crippen molar-refractivity contribution in [2.75, 3.05) is 4.90 Å². The maximum atomic E-state index is 2.45. The van der Waals surface area contributed by atoms with Crippen molar-refractivity contribution in [2.24, 2.45) is 0 Å². The number of hydrogen-bond donors (Lipinski definition) is 0. The lowest BCUT2D eigenvalue weighted by molar-refractivity contribution is 0.660. The van der Waals surface area contributed by atoms with Crippen LogP contribution in [0.4, 0.5) is 17.1 Å². The SMILES string of the molecule is CC1(C)c2ccccc2-c2ccc(-c3cc4c5ccccc5c(-c5ccc(N(c6ccccc6)c6ccccc6)cc5)cc4c4ccccc34)cc21. The van der Waals surface area contributed by atoms with Gasteiger partial charge in [-0.2, -0.15) is 0 Å². The molecule has 246 valence electrons. The van der Waals surface area contributed by atoms with Crippen molar-refractivity contribution >= 4 is 49.4 Å². The summed E-state index contributed by atoms with van der Waals surface area (Å²) in [6.45, 7) is 4.73. The molecule has 1 nitrogen and oxygen atoms in total. The van der Waals surface area contributed by atoms with E-state index in [2.05, 4.69) is 207 Å². The van der Waals surface area contributed by atoms with Gasteiger partial charge in [0, 0.05) is 22.5 Å². The smallest absolute Gasteiger partial charge is 0.0462 e. The third-order valence-corrected chi connectivity index (χ3v) is 11.2. The van der Waals surface area contributed by atoms with Crippen LogP contribution in [0, 0.1) is 0 Å². The number of anilines is 3. The highest BCUT2D eigenvalue weighted by Gasteiger charge is 2.35. The van der Waals surface area contributed by atoms with E-state index in [1.54, 1.807) is 0 Å². The Morgan fingerprint density at radius 2 is 0.750 bits per heavy atom. The minimum atomic E-state index is -0.0506. The van der Waals surface area contributed by atoms with Gasteiger partial charge in [0.2, 0.25) is 0 Å². The second-order valence-corrected chi connectivity index (χ2v) is 14.5. The molecule has 0 saturated heterocycles. The Labute approximate surface area is 305 Å². The van der Waals surface area contributed by atoms with Crippen LogP contribution in [0.5, 0.6) is 0 Å². The van der Waals surface area contributed by atoms with Gasteiger partial charge in [0.15, 0.2) is 0 Å². The van der Waals surface area contributed by atoms with E-state index in [4.69, 9.17) is 0 Å². The monoisotopic (exact) mass is 663 g/mol. The van der Waals surface area contributed by atoms with Crippen LogP contribution in [-0.4, -0.2) is 0 Å². The largest absolute Gasteiger partial charge is 0.311 e. The van der Waals surface area contributed by atoms with Crippen molar-refractivity contribution in [3.63, 3.8) is 0 Å². The van der Waals surface area contributed by atoms with Crippen molar-refractivity contribution in [1.29, 1.82) is 0 Å². The van der Waals surface area contributed by atoms with E-state index in [-0.39, 0.29) is 5.41 Å². The molecule has 1 aliphatic rings. The normalized spacial score (nSPS) is 13.0. The molecule has 0 atom stereocenters. The molecular weight excluding hydrogens is 627 g/mol. The van der Waals surface area contributed by atoms with Gasteiger partial charge in [-0.25, -0.2) is 0 Å². The summed E-state index contributed by atoms with van der Waals surface area (Å²) in [5.41, 5.74) is 13.9. The minimum absolute atomic E-state index is 0.0506. The highest BCUT2D eigenvalue weighted by Crippen LogP contribution is 2.50. The first-order valence-corrected chi connectivity index (χ1v) is 18.2. The second kappa shape index (κ2) is 11.8. The van der Waals surface area contributed by atoms with Gasteiger partial charge in [-0.15, -0.1) is 0 Å². The topological polar surface area (TPSA) is 3.24 Å². The molecule has 52 heavy (non-hydrogen) atoms. The van der Waals surface area contributed by atoms with Crippen LogP contribution in [0.3, 0.4) is 0 Å². The highest BCUT2D eigenvalue weighted by atomic mass is 15.1. The van der Waals surface area contributed by atoms with E-state index in [0.29, 0.717) is 0 Å². The van der Waals surface area contributed by atoms with E-state index in [1.807, 2.05) is 0 Å². The van der Waals surface area contributed by atoms with Crippen LogP contribution < -0.4 is 4.90 Å². The molecule has 10 rings (SSSR count). The second-order valence-electron chi connectivity index (χ2n) is 14.5. The van der Waals surface area contributed by atoms with Gasteiger partial charge in [0.05, 0.1) is 0 Å². The van der Waals surface area contributed by atoms with Crippen LogP contribution in [0.2, 0.25) is 0 Å². The van der Waals surface area contributed by atoms with Gasteiger partial charge < -0.3 is 4.90 Å². The van der Waals surface area contributed by atoms with E-state index in [0.717, 1.165) is 17.1 Å². The molecule has 0 unspecified atom stereocenters. The number of hydrogen-bond acceptors (Lipinski definition) is 1. The molecule has 1 heteroatoms. The summed E-state index contributed by atoms with van der Waals surface area (Å²) in [7, 11) is 0. The van der Waals surface area contributed by atoms with Crippen LogP contribution in [0.1, 0.15) is 25.0 Å². The minimum Gasteiger partial charge on any atom is -0.311 e. The van der Waals surface area contributed by atoms with E-state index < -0.39 is 0 Å². The van der Waals surface area contributed by atoms with E-state index in [9.17, 15) is 0 Å². The lowest BCUT2D eigenvalue weighted by atomic mass is 9.81. The number of fused-ring (bicyclic) bond motifs is 8. The molecule has 0 aliphatic heterocycles. The third kappa shape index (κ3) is 4.70. The maximum Gasteiger partial charge on any atom is 0.0462 e. The van der Waals surface area contributed by atoms with Crippen LogP contribution in [0.15, 0.2) is 188 Å². The Kier molecular flexibility index (Phi) is 6.91. The summed E-state index contributed by atoms with van der Waals surface area (Å²) in [4.78, 5) is 2.32. The molecule has 1 aliphatic carbocycles. The summed E-state index contributed by atoms with van der Waals surface area (Å²) in [6, 6.07) is 69.0. The summed E-state index contributed by atoms with van der Waals surface area (Å²) in [5.74, 6) is 0. The molecular formula is C51H37N. The third-order valence-electron chi connectivity index (χ3n) is 11.2. The Balaban J connectivity index is 1.14. The van der Waals surface area contributed by atoms with Gasteiger partial charge in [0.25, 0.3) is 0 Å². The molecule has 9 aromatic carbocycles. The predicted molar refractivity (Wildman–Crippen MR) is 222 cm³/mol. The van der Waals surface area contributed by atoms with Gasteiger partial charge in [0.1, 0.15) is 0 Å². The Hall–Kier alpha value is -6.44. The molecule has 0 amide bonds. The van der Waals surface area contributed by atoms with E-state index in [1.165, 1.54) is 76.8 Å². The van der Waals surface area contributed by atoms with Crippen LogP contribution in [0.25, 0.3) is 65.7 Å². The zero-order valence-electron chi connectivity index (χ0n) is 29.3. The van der Waals surface area contributed by atoms with Crippen molar-refractivity contribution in [3.05, 3.63) is 199 Å². The Morgan fingerprint density at radius 1 is 0.308 bits per heavy atom. The molecule has 0 fully saturated rings. The quantitative estimate of drug-likeness (QED) is 0.166. The van der Waals surface area contributed by atoms with E-state index >= 15 is 0 Å². The summed E-state index contributed by atoms with van der Waals surface area (Å²) in [6.07, 6.45) is 0. The Bertz CT molecular complexity index is 2750. The molecule has 9 aromatic rings. The predicted octanol–water partition coefficient (Wildman–Crippen LogP) is 14.3. The fraction of sp³-hybridized carbons (Fsp3) is 0.0588. The summed E-state index contributed by atoms with van der Waals surface area (Å²) in [5, 5.41) is 7.66. The molecule has 0 aromatic heterocycles. The molecule has 0 N–H and O–H groups in total. The number of benzene rings is 9. The molecule has 0 heterocycles. The number of rotatable bonds is 5. The fourth-order valence-electron chi connectivity index (χ4n) is 8.69. The van der Waals surface area contributed by atoms with Crippen LogP contribution in [-0.2, 0) is 5.41 Å². The van der Waals surface area contributed by atoms with Crippen LogP contribution >= 0.6 is 0 Å². The molecule has 0 saturated carbocycles.